The highest BCUT2D eigenvalue weighted by atomic mass is 127. The zero-order chi connectivity index (χ0) is 27.0. The summed E-state index contributed by atoms with van der Waals surface area (Å²) in [5, 5.41) is 5.01. The standard InChI is InChI=1S/C22H22F5IN2O4S/c1-12-10-13(21(23,24)22(25,26)27)8-9-16(12)29-18(31)14-6-5-7-15(28)17(14)19(32)30-20(2,3)11-35(4,33)34/h5-10H,11H2,1-4H3,(H,29,31)(H,30,32). The summed E-state index contributed by atoms with van der Waals surface area (Å²) in [7, 11) is -3.43. The smallest absolute Gasteiger partial charge is 0.346 e. The normalized spacial score (nSPS) is 12.9. The third-order valence-corrected chi connectivity index (χ3v) is 6.90. The molecule has 0 aromatic heterocycles. The highest BCUT2D eigenvalue weighted by molar-refractivity contribution is 14.1. The van der Waals surface area contributed by atoms with Crippen molar-refractivity contribution < 1.29 is 40.0 Å². The number of hydrogen-bond acceptors (Lipinski definition) is 4. The Bertz CT molecular complexity index is 1260. The first kappa shape index (κ1) is 28.9. The Kier molecular flexibility index (Phi) is 8.26. The molecule has 0 unspecified atom stereocenters. The molecule has 35 heavy (non-hydrogen) atoms. The van der Waals surface area contributed by atoms with Gasteiger partial charge in [0.2, 0.25) is 0 Å². The summed E-state index contributed by atoms with van der Waals surface area (Å²) in [6.45, 7) is 4.26. The van der Waals surface area contributed by atoms with Gasteiger partial charge in [-0.25, -0.2) is 8.42 Å². The lowest BCUT2D eigenvalue weighted by Gasteiger charge is -2.26. The quantitative estimate of drug-likeness (QED) is 0.330. The van der Waals surface area contributed by atoms with Gasteiger partial charge in [-0.2, -0.15) is 22.0 Å². The molecule has 0 spiro atoms. The lowest BCUT2D eigenvalue weighted by Crippen LogP contribution is -2.48. The van der Waals surface area contributed by atoms with Crippen molar-refractivity contribution in [1.82, 2.24) is 5.32 Å². The van der Waals surface area contributed by atoms with Crippen LogP contribution in [-0.4, -0.2) is 44.0 Å². The number of rotatable bonds is 7. The first-order chi connectivity index (χ1) is 15.7. The Morgan fingerprint density at radius 1 is 1.00 bits per heavy atom. The fourth-order valence-corrected chi connectivity index (χ4v) is 5.48. The number of benzene rings is 2. The Morgan fingerprint density at radius 2 is 1.60 bits per heavy atom. The molecular formula is C22H22F5IN2O4S. The molecule has 0 fully saturated rings. The van der Waals surface area contributed by atoms with Crippen molar-refractivity contribution in [1.29, 1.82) is 0 Å². The maximum absolute atomic E-state index is 13.6. The number of carbonyl (C=O) groups excluding carboxylic acids is 2. The Morgan fingerprint density at radius 3 is 2.11 bits per heavy atom. The molecule has 0 radical (unpaired) electrons. The molecule has 2 rings (SSSR count). The van der Waals surface area contributed by atoms with E-state index in [2.05, 4.69) is 10.6 Å². The number of aryl methyl sites for hydroxylation is 1. The number of hydrogen-bond donors (Lipinski definition) is 2. The van der Waals surface area contributed by atoms with Crippen LogP contribution in [0, 0.1) is 10.5 Å². The molecule has 0 saturated heterocycles. The van der Waals surface area contributed by atoms with Crippen molar-refractivity contribution in [2.24, 2.45) is 0 Å². The van der Waals surface area contributed by atoms with Gasteiger partial charge in [0.25, 0.3) is 11.8 Å². The molecule has 0 atom stereocenters. The zero-order valence-electron chi connectivity index (χ0n) is 19.0. The van der Waals surface area contributed by atoms with Crippen molar-refractivity contribution in [3.8, 4) is 0 Å². The van der Waals surface area contributed by atoms with Gasteiger partial charge < -0.3 is 10.6 Å². The number of carbonyl (C=O) groups is 2. The van der Waals surface area contributed by atoms with Crippen LogP contribution in [0.1, 0.15) is 45.7 Å². The van der Waals surface area contributed by atoms with Crippen LogP contribution in [0.3, 0.4) is 0 Å². The molecule has 2 N–H and O–H groups in total. The van der Waals surface area contributed by atoms with E-state index in [1.165, 1.54) is 32.9 Å². The fourth-order valence-electron chi connectivity index (χ4n) is 3.36. The van der Waals surface area contributed by atoms with Crippen LogP contribution in [0.15, 0.2) is 36.4 Å². The highest BCUT2D eigenvalue weighted by Gasteiger charge is 2.58. The van der Waals surface area contributed by atoms with E-state index in [1.807, 2.05) is 22.6 Å². The fraction of sp³-hybridized carbons (Fsp3) is 0.364. The summed E-state index contributed by atoms with van der Waals surface area (Å²) in [6.07, 6.45) is -4.76. The molecule has 192 valence electrons. The molecule has 2 aromatic carbocycles. The number of amides is 2. The first-order valence-electron chi connectivity index (χ1n) is 9.91. The van der Waals surface area contributed by atoms with Crippen LogP contribution in [0.5, 0.6) is 0 Å². The molecule has 2 aromatic rings. The molecule has 6 nitrogen and oxygen atoms in total. The molecule has 0 aliphatic carbocycles. The predicted octanol–water partition coefficient (Wildman–Crippen LogP) is 5.06. The minimum Gasteiger partial charge on any atom is -0.346 e. The van der Waals surface area contributed by atoms with E-state index in [9.17, 15) is 40.0 Å². The summed E-state index contributed by atoms with van der Waals surface area (Å²) in [4.78, 5) is 25.9. The second kappa shape index (κ2) is 9.99. The molecule has 0 heterocycles. The minimum absolute atomic E-state index is 0.0284. The van der Waals surface area contributed by atoms with Crippen LogP contribution in [0.2, 0.25) is 0 Å². The Labute approximate surface area is 212 Å². The van der Waals surface area contributed by atoms with Gasteiger partial charge in [0.15, 0.2) is 0 Å². The topological polar surface area (TPSA) is 92.3 Å². The molecule has 0 bridgehead atoms. The maximum Gasteiger partial charge on any atom is 0.458 e. The number of sulfone groups is 1. The van der Waals surface area contributed by atoms with Crippen LogP contribution < -0.4 is 10.6 Å². The molecule has 2 amide bonds. The van der Waals surface area contributed by atoms with E-state index in [0.717, 1.165) is 12.3 Å². The third kappa shape index (κ3) is 7.12. The van der Waals surface area contributed by atoms with Gasteiger partial charge >= 0.3 is 12.1 Å². The number of nitrogens with one attached hydrogen (secondary N) is 2. The van der Waals surface area contributed by atoms with Crippen molar-refractivity contribution in [3.63, 3.8) is 0 Å². The van der Waals surface area contributed by atoms with Gasteiger partial charge in [-0.3, -0.25) is 9.59 Å². The van der Waals surface area contributed by atoms with Crippen LogP contribution in [0.25, 0.3) is 0 Å². The largest absolute Gasteiger partial charge is 0.458 e. The second-order valence-corrected chi connectivity index (χ2v) is 11.9. The molecule has 0 aliphatic heterocycles. The second-order valence-electron chi connectivity index (χ2n) is 8.63. The van der Waals surface area contributed by atoms with Crippen molar-refractivity contribution in [3.05, 3.63) is 62.2 Å². The van der Waals surface area contributed by atoms with E-state index in [-0.39, 0.29) is 28.1 Å². The van der Waals surface area contributed by atoms with E-state index in [4.69, 9.17) is 0 Å². The molecule has 0 saturated carbocycles. The molecular weight excluding hydrogens is 610 g/mol. The molecule has 13 heteroatoms. The van der Waals surface area contributed by atoms with Crippen molar-refractivity contribution in [2.75, 3.05) is 17.3 Å². The lowest BCUT2D eigenvalue weighted by atomic mass is 10.0. The van der Waals surface area contributed by atoms with Gasteiger partial charge in [-0.1, -0.05) is 12.1 Å². The van der Waals surface area contributed by atoms with Gasteiger partial charge in [-0.15, -0.1) is 0 Å². The van der Waals surface area contributed by atoms with Gasteiger partial charge in [-0.05, 0) is 73.2 Å². The van der Waals surface area contributed by atoms with Gasteiger partial charge in [0.1, 0.15) is 9.84 Å². The maximum atomic E-state index is 13.6. The van der Waals surface area contributed by atoms with Crippen molar-refractivity contribution >= 4 is 49.9 Å². The third-order valence-electron chi connectivity index (χ3n) is 4.75. The van der Waals surface area contributed by atoms with Crippen LogP contribution in [-0.2, 0) is 15.8 Å². The lowest BCUT2D eigenvalue weighted by molar-refractivity contribution is -0.289. The van der Waals surface area contributed by atoms with E-state index in [0.29, 0.717) is 15.7 Å². The number of halogens is 6. The average molecular weight is 632 g/mol. The Balaban J connectivity index is 2.36. The van der Waals surface area contributed by atoms with Gasteiger partial charge in [0.05, 0.1) is 16.9 Å². The van der Waals surface area contributed by atoms with Crippen LogP contribution >= 0.6 is 22.6 Å². The van der Waals surface area contributed by atoms with E-state index < -0.39 is 44.9 Å². The summed E-state index contributed by atoms with van der Waals surface area (Å²) < 4.78 is 88.9. The average Bonchev–Trinajstić information content (AvgIpc) is 2.65. The van der Waals surface area contributed by atoms with Crippen molar-refractivity contribution in [2.45, 2.75) is 38.4 Å². The summed E-state index contributed by atoms with van der Waals surface area (Å²) in [6, 6.07) is 6.48. The minimum atomic E-state index is -5.78. The summed E-state index contributed by atoms with van der Waals surface area (Å²) >= 11 is 1.82. The SMILES string of the molecule is Cc1cc(C(F)(F)C(F)(F)F)ccc1NC(=O)c1cccc(I)c1C(=O)NC(C)(C)CS(C)(=O)=O. The van der Waals surface area contributed by atoms with E-state index >= 15 is 0 Å². The van der Waals surface area contributed by atoms with Crippen LogP contribution in [0.4, 0.5) is 27.6 Å². The summed E-state index contributed by atoms with van der Waals surface area (Å²) in [5.74, 6) is -6.95. The highest BCUT2D eigenvalue weighted by Crippen LogP contribution is 2.44. The van der Waals surface area contributed by atoms with E-state index in [1.54, 1.807) is 6.07 Å². The monoisotopic (exact) mass is 632 g/mol. The predicted molar refractivity (Wildman–Crippen MR) is 129 cm³/mol. The Hall–Kier alpha value is -2.29. The number of alkyl halides is 5. The van der Waals surface area contributed by atoms with Gasteiger partial charge in [0, 0.05) is 26.6 Å². The zero-order valence-corrected chi connectivity index (χ0v) is 22.0. The number of anilines is 1. The summed E-state index contributed by atoms with van der Waals surface area (Å²) in [5.41, 5.74) is -2.67. The molecule has 0 aliphatic rings. The first-order valence-corrected chi connectivity index (χ1v) is 13.0.